The van der Waals surface area contributed by atoms with Crippen LogP contribution in [0.25, 0.3) is 0 Å². The Morgan fingerprint density at radius 1 is 1.71 bits per heavy atom. The van der Waals surface area contributed by atoms with E-state index in [0.717, 1.165) is 10.7 Å². The van der Waals surface area contributed by atoms with E-state index in [4.69, 9.17) is 0 Å². The molecule has 0 saturated heterocycles. The molecule has 0 aliphatic heterocycles. The predicted octanol–water partition coefficient (Wildman–Crippen LogP) is 2.57. The zero-order valence-electron chi connectivity index (χ0n) is 4.65. The van der Waals surface area contributed by atoms with Crippen LogP contribution in [0.5, 0.6) is 0 Å². The smallest absolute Gasteiger partial charge is 0.0120 e. The molecule has 0 bridgehead atoms. The lowest BCUT2D eigenvalue weighted by atomic mass is 10.2. The highest BCUT2D eigenvalue weighted by molar-refractivity contribution is 9.09. The van der Waals surface area contributed by atoms with Gasteiger partial charge >= 0.3 is 0 Å². The maximum atomic E-state index is 3.51. The second kappa shape index (κ2) is 2.17. The van der Waals surface area contributed by atoms with Crippen LogP contribution in [0.3, 0.4) is 0 Å². The highest BCUT2D eigenvalue weighted by Crippen LogP contribution is 2.34. The number of halogens is 1. The molecule has 7 heavy (non-hydrogen) atoms. The molecule has 0 radical (unpaired) electrons. The second-order valence-corrected chi connectivity index (χ2v) is 4.02. The first-order valence-electron chi connectivity index (χ1n) is 2.93. The molecule has 0 nitrogen and oxygen atoms in total. The summed E-state index contributed by atoms with van der Waals surface area (Å²) < 4.78 is 0. The van der Waals surface area contributed by atoms with E-state index in [1.807, 2.05) is 0 Å². The Labute approximate surface area is 53.4 Å². The first kappa shape index (κ1) is 5.61. The lowest BCUT2D eigenvalue weighted by Crippen LogP contribution is -1.89. The van der Waals surface area contributed by atoms with Crippen LogP contribution in [0.4, 0.5) is 0 Å². The van der Waals surface area contributed by atoms with Crippen molar-refractivity contribution in [3.05, 3.63) is 0 Å². The van der Waals surface area contributed by atoms with Crippen LogP contribution in [-0.4, -0.2) is 4.83 Å². The summed E-state index contributed by atoms with van der Waals surface area (Å²) in [6.45, 7) is 2.22. The van der Waals surface area contributed by atoms with E-state index in [9.17, 15) is 0 Å². The zero-order chi connectivity index (χ0) is 5.28. The maximum Gasteiger partial charge on any atom is 0.0120 e. The van der Waals surface area contributed by atoms with Crippen molar-refractivity contribution >= 4 is 15.9 Å². The molecule has 1 aliphatic rings. The van der Waals surface area contributed by atoms with Gasteiger partial charge < -0.3 is 0 Å². The summed E-state index contributed by atoms with van der Waals surface area (Å²) in [4.78, 5) is 0.750. The molecule has 1 saturated carbocycles. The fraction of sp³-hybridized carbons (Fsp3) is 1.00. The molecular formula is C6H11Br. The van der Waals surface area contributed by atoms with Gasteiger partial charge in [-0.25, -0.2) is 0 Å². The Morgan fingerprint density at radius 2 is 2.29 bits per heavy atom. The molecule has 1 fully saturated rings. The summed E-state index contributed by atoms with van der Waals surface area (Å²) in [6, 6.07) is 0. The molecule has 42 valence electrons. The van der Waals surface area contributed by atoms with Gasteiger partial charge in [0.15, 0.2) is 0 Å². The minimum atomic E-state index is 0.750. The average molecular weight is 163 g/mol. The molecule has 1 rings (SSSR count). The fourth-order valence-electron chi connectivity index (χ4n) is 0.813. The Hall–Kier alpha value is 0.480. The summed E-state index contributed by atoms with van der Waals surface area (Å²) in [7, 11) is 0. The monoisotopic (exact) mass is 162 g/mol. The molecule has 1 atom stereocenters. The third-order valence-electron chi connectivity index (χ3n) is 1.36. The molecule has 0 amide bonds. The van der Waals surface area contributed by atoms with E-state index in [-0.39, 0.29) is 0 Å². The summed E-state index contributed by atoms with van der Waals surface area (Å²) >= 11 is 3.51. The molecule has 0 aromatic carbocycles. The Kier molecular flexibility index (Phi) is 1.74. The van der Waals surface area contributed by atoms with Crippen molar-refractivity contribution in [3.63, 3.8) is 0 Å². The molecule has 1 heteroatoms. The van der Waals surface area contributed by atoms with Crippen LogP contribution in [0.1, 0.15) is 26.2 Å². The molecule has 1 unspecified atom stereocenters. The van der Waals surface area contributed by atoms with Gasteiger partial charge in [0, 0.05) is 4.83 Å². The van der Waals surface area contributed by atoms with Crippen LogP contribution < -0.4 is 0 Å². The summed E-state index contributed by atoms with van der Waals surface area (Å²) in [5.41, 5.74) is 0. The van der Waals surface area contributed by atoms with Gasteiger partial charge in [0.2, 0.25) is 0 Å². The normalized spacial score (nSPS) is 24.9. The molecule has 0 aromatic rings. The molecule has 0 spiro atoms. The lowest BCUT2D eigenvalue weighted by Gasteiger charge is -1.95. The van der Waals surface area contributed by atoms with E-state index >= 15 is 0 Å². The van der Waals surface area contributed by atoms with Gasteiger partial charge in [-0.1, -0.05) is 35.7 Å². The van der Waals surface area contributed by atoms with Gasteiger partial charge in [-0.3, -0.25) is 0 Å². The van der Waals surface area contributed by atoms with Gasteiger partial charge in [0.05, 0.1) is 0 Å². The summed E-state index contributed by atoms with van der Waals surface area (Å²) in [5, 5.41) is 0. The largest absolute Gasteiger partial charge is 0.0894 e. The first-order chi connectivity index (χ1) is 3.29. The van der Waals surface area contributed by atoms with Gasteiger partial charge in [0.1, 0.15) is 0 Å². The number of rotatable bonds is 2. The van der Waals surface area contributed by atoms with Gasteiger partial charge in [0.25, 0.3) is 0 Å². The van der Waals surface area contributed by atoms with Crippen molar-refractivity contribution in [1.82, 2.24) is 0 Å². The van der Waals surface area contributed by atoms with Gasteiger partial charge in [-0.15, -0.1) is 0 Å². The fourth-order valence-corrected chi connectivity index (χ4v) is 1.34. The number of hydrogen-bond acceptors (Lipinski definition) is 0. The van der Waals surface area contributed by atoms with E-state index in [1.165, 1.54) is 19.3 Å². The zero-order valence-corrected chi connectivity index (χ0v) is 6.24. The van der Waals surface area contributed by atoms with E-state index in [0.29, 0.717) is 0 Å². The van der Waals surface area contributed by atoms with E-state index in [1.54, 1.807) is 0 Å². The summed E-state index contributed by atoms with van der Waals surface area (Å²) in [6.07, 6.45) is 4.35. The molecule has 0 aromatic heterocycles. The second-order valence-electron chi connectivity index (χ2n) is 2.46. The Bertz CT molecular complexity index is 55.2. The molecule has 1 aliphatic carbocycles. The topological polar surface area (TPSA) is 0 Å². The van der Waals surface area contributed by atoms with Crippen molar-refractivity contribution in [1.29, 1.82) is 0 Å². The van der Waals surface area contributed by atoms with Gasteiger partial charge in [-0.2, -0.15) is 0 Å². The van der Waals surface area contributed by atoms with E-state index < -0.39 is 0 Å². The highest BCUT2D eigenvalue weighted by Gasteiger charge is 2.21. The minimum absolute atomic E-state index is 0.750. The van der Waals surface area contributed by atoms with Crippen LogP contribution in [0.2, 0.25) is 0 Å². The van der Waals surface area contributed by atoms with Crippen molar-refractivity contribution in [2.24, 2.45) is 5.92 Å². The van der Waals surface area contributed by atoms with Crippen molar-refractivity contribution in [2.75, 3.05) is 0 Å². The predicted molar refractivity (Wildman–Crippen MR) is 35.7 cm³/mol. The summed E-state index contributed by atoms with van der Waals surface area (Å²) in [5.74, 6) is 1.08. The molecular weight excluding hydrogens is 152 g/mol. The van der Waals surface area contributed by atoms with Crippen LogP contribution >= 0.6 is 15.9 Å². The third kappa shape index (κ3) is 2.32. The van der Waals surface area contributed by atoms with Gasteiger partial charge in [-0.05, 0) is 12.3 Å². The minimum Gasteiger partial charge on any atom is -0.0894 e. The first-order valence-corrected chi connectivity index (χ1v) is 3.84. The van der Waals surface area contributed by atoms with Crippen molar-refractivity contribution in [2.45, 2.75) is 31.0 Å². The van der Waals surface area contributed by atoms with Crippen LogP contribution in [0, 0.1) is 5.92 Å². The SMILES string of the molecule is CC(Br)CC1CC1. The number of alkyl halides is 1. The maximum absolute atomic E-state index is 3.51. The quantitative estimate of drug-likeness (QED) is 0.548. The average Bonchev–Trinajstić information content (AvgIpc) is 2.17. The van der Waals surface area contributed by atoms with Crippen LogP contribution in [-0.2, 0) is 0 Å². The van der Waals surface area contributed by atoms with E-state index in [2.05, 4.69) is 22.9 Å². The van der Waals surface area contributed by atoms with Crippen molar-refractivity contribution in [3.8, 4) is 0 Å². The molecule has 0 heterocycles. The molecule has 0 N–H and O–H groups in total. The third-order valence-corrected chi connectivity index (χ3v) is 1.73. The Morgan fingerprint density at radius 3 is 2.43 bits per heavy atom. The standard InChI is InChI=1S/C6H11Br/c1-5(7)4-6-2-3-6/h5-6H,2-4H2,1H3. The number of hydrogen-bond donors (Lipinski definition) is 0. The Balaban J connectivity index is 1.97. The van der Waals surface area contributed by atoms with Crippen molar-refractivity contribution < 1.29 is 0 Å². The highest BCUT2D eigenvalue weighted by atomic mass is 79.9. The van der Waals surface area contributed by atoms with Crippen LogP contribution in [0.15, 0.2) is 0 Å². The lowest BCUT2D eigenvalue weighted by molar-refractivity contribution is 0.729.